The monoisotopic (exact) mass is 373 g/mol. The highest BCUT2D eigenvalue weighted by atomic mass is 32.1. The van der Waals surface area contributed by atoms with Gasteiger partial charge in [-0.15, -0.1) is 22.7 Å². The molecule has 4 rings (SSSR count). The topological polar surface area (TPSA) is 58.0 Å². The van der Waals surface area contributed by atoms with Crippen molar-refractivity contribution in [3.05, 3.63) is 29.8 Å². The van der Waals surface area contributed by atoms with Crippen molar-refractivity contribution in [2.45, 2.75) is 51.2 Å². The average molecular weight is 374 g/mol. The Kier molecular flexibility index (Phi) is 4.52. The number of nitrogens with one attached hydrogen (secondary N) is 1. The first-order chi connectivity index (χ1) is 12.0. The minimum atomic E-state index is -0.576. The van der Waals surface area contributed by atoms with Gasteiger partial charge in [-0.25, -0.2) is 9.97 Å². The standard InChI is InChI=1S/C19H23N3OS2/c1-19(2,23)12-5-7-13(8-6-12)21-17-16-14(9-10-20-17)25-18(22-16)15-4-3-11-24-15/h3-4,9-13,23H,5-8H2,1-2H3,(H,20,21). The molecule has 3 aromatic rings. The summed E-state index contributed by atoms with van der Waals surface area (Å²) in [4.78, 5) is 10.6. The zero-order valence-corrected chi connectivity index (χ0v) is 16.2. The summed E-state index contributed by atoms with van der Waals surface area (Å²) >= 11 is 3.44. The van der Waals surface area contributed by atoms with Crippen molar-refractivity contribution >= 4 is 38.7 Å². The van der Waals surface area contributed by atoms with Gasteiger partial charge in [-0.1, -0.05) is 6.07 Å². The molecule has 0 saturated heterocycles. The van der Waals surface area contributed by atoms with Crippen LogP contribution in [0.25, 0.3) is 20.1 Å². The fourth-order valence-corrected chi connectivity index (χ4v) is 5.36. The molecule has 0 radical (unpaired) electrons. The van der Waals surface area contributed by atoms with Crippen molar-refractivity contribution in [3.8, 4) is 9.88 Å². The normalized spacial score (nSPS) is 21.6. The van der Waals surface area contributed by atoms with Gasteiger partial charge in [-0.05, 0) is 63.0 Å². The predicted octanol–water partition coefficient (Wildman–Crippen LogP) is 5.16. The van der Waals surface area contributed by atoms with Crippen molar-refractivity contribution in [2.24, 2.45) is 5.92 Å². The summed E-state index contributed by atoms with van der Waals surface area (Å²) in [6.07, 6.45) is 6.09. The zero-order valence-electron chi connectivity index (χ0n) is 14.5. The van der Waals surface area contributed by atoms with E-state index in [1.807, 2.05) is 26.1 Å². The van der Waals surface area contributed by atoms with E-state index in [9.17, 15) is 5.11 Å². The zero-order chi connectivity index (χ0) is 17.4. The molecule has 132 valence electrons. The van der Waals surface area contributed by atoms with Crippen LogP contribution in [0.1, 0.15) is 39.5 Å². The lowest BCUT2D eigenvalue weighted by Gasteiger charge is -2.36. The molecule has 1 aliphatic rings. The highest BCUT2D eigenvalue weighted by molar-refractivity contribution is 7.25. The van der Waals surface area contributed by atoms with Crippen molar-refractivity contribution in [3.63, 3.8) is 0 Å². The molecule has 1 saturated carbocycles. The summed E-state index contributed by atoms with van der Waals surface area (Å²) < 4.78 is 1.17. The van der Waals surface area contributed by atoms with Crippen LogP contribution in [-0.2, 0) is 0 Å². The van der Waals surface area contributed by atoms with Crippen LogP contribution in [0.3, 0.4) is 0 Å². The second kappa shape index (κ2) is 6.67. The Bertz CT molecular complexity index is 843. The van der Waals surface area contributed by atoms with Crippen LogP contribution in [0.2, 0.25) is 0 Å². The highest BCUT2D eigenvalue weighted by Crippen LogP contribution is 2.37. The quantitative estimate of drug-likeness (QED) is 0.663. The highest BCUT2D eigenvalue weighted by Gasteiger charge is 2.31. The summed E-state index contributed by atoms with van der Waals surface area (Å²) in [5, 5.41) is 17.0. The summed E-state index contributed by atoms with van der Waals surface area (Å²) in [5.74, 6) is 1.28. The fraction of sp³-hybridized carbons (Fsp3) is 0.474. The number of nitrogens with zero attached hydrogens (tertiary/aromatic N) is 2. The molecule has 0 spiro atoms. The number of hydrogen-bond donors (Lipinski definition) is 2. The molecule has 0 atom stereocenters. The largest absolute Gasteiger partial charge is 0.390 e. The van der Waals surface area contributed by atoms with E-state index in [0.29, 0.717) is 12.0 Å². The molecule has 1 fully saturated rings. The van der Waals surface area contributed by atoms with Crippen LogP contribution >= 0.6 is 22.7 Å². The van der Waals surface area contributed by atoms with Crippen LogP contribution < -0.4 is 5.32 Å². The van der Waals surface area contributed by atoms with E-state index >= 15 is 0 Å². The molecular weight excluding hydrogens is 350 g/mol. The fourth-order valence-electron chi connectivity index (χ4n) is 3.60. The third kappa shape index (κ3) is 3.57. The van der Waals surface area contributed by atoms with E-state index in [1.165, 1.54) is 9.58 Å². The number of hydrogen-bond acceptors (Lipinski definition) is 6. The maximum absolute atomic E-state index is 10.2. The van der Waals surface area contributed by atoms with Crippen LogP contribution in [0.15, 0.2) is 29.8 Å². The minimum Gasteiger partial charge on any atom is -0.390 e. The number of rotatable bonds is 4. The number of aliphatic hydroxyl groups is 1. The third-order valence-electron chi connectivity index (χ3n) is 5.11. The van der Waals surface area contributed by atoms with Crippen molar-refractivity contribution in [1.29, 1.82) is 0 Å². The Labute approximate surface area is 156 Å². The second-order valence-electron chi connectivity index (χ2n) is 7.35. The van der Waals surface area contributed by atoms with E-state index in [0.717, 1.165) is 42.0 Å². The number of aromatic nitrogens is 2. The Morgan fingerprint density at radius 1 is 1.20 bits per heavy atom. The van der Waals surface area contributed by atoms with Gasteiger partial charge >= 0.3 is 0 Å². The molecule has 4 nitrogen and oxygen atoms in total. The lowest BCUT2D eigenvalue weighted by molar-refractivity contribution is -0.000398. The molecule has 0 unspecified atom stereocenters. The molecule has 2 N–H and O–H groups in total. The first-order valence-corrected chi connectivity index (χ1v) is 10.5. The molecular formula is C19H23N3OS2. The van der Waals surface area contributed by atoms with Crippen LogP contribution in [0, 0.1) is 5.92 Å². The molecule has 1 aliphatic carbocycles. The first kappa shape index (κ1) is 16.9. The van der Waals surface area contributed by atoms with Gasteiger partial charge in [0.25, 0.3) is 0 Å². The Morgan fingerprint density at radius 3 is 2.68 bits per heavy atom. The Balaban J connectivity index is 1.52. The molecule has 0 aliphatic heterocycles. The SMILES string of the molecule is CC(C)(O)C1CCC(Nc2nccc3sc(-c4cccs4)nc23)CC1. The average Bonchev–Trinajstić information content (AvgIpc) is 3.24. The molecule has 0 bridgehead atoms. The maximum atomic E-state index is 10.2. The van der Waals surface area contributed by atoms with E-state index in [2.05, 4.69) is 27.8 Å². The van der Waals surface area contributed by atoms with Gasteiger partial charge in [0.15, 0.2) is 5.82 Å². The first-order valence-electron chi connectivity index (χ1n) is 8.79. The molecule has 3 heterocycles. The van der Waals surface area contributed by atoms with Crippen LogP contribution in [-0.4, -0.2) is 26.7 Å². The lowest BCUT2D eigenvalue weighted by atomic mass is 9.77. The van der Waals surface area contributed by atoms with Gasteiger partial charge < -0.3 is 10.4 Å². The number of fused-ring (bicyclic) bond motifs is 1. The Hall–Kier alpha value is -1.50. The lowest BCUT2D eigenvalue weighted by Crippen LogP contribution is -2.37. The predicted molar refractivity (Wildman–Crippen MR) is 106 cm³/mol. The van der Waals surface area contributed by atoms with E-state index in [-0.39, 0.29) is 0 Å². The van der Waals surface area contributed by atoms with Crippen LogP contribution in [0.5, 0.6) is 0 Å². The Morgan fingerprint density at radius 2 is 2.00 bits per heavy atom. The third-order valence-corrected chi connectivity index (χ3v) is 7.17. The van der Waals surface area contributed by atoms with Gasteiger partial charge in [-0.3, -0.25) is 0 Å². The van der Waals surface area contributed by atoms with Crippen molar-refractivity contribution in [1.82, 2.24) is 9.97 Å². The van der Waals surface area contributed by atoms with Gasteiger partial charge in [0.2, 0.25) is 0 Å². The number of anilines is 1. The van der Waals surface area contributed by atoms with E-state index in [1.54, 1.807) is 22.7 Å². The van der Waals surface area contributed by atoms with Crippen molar-refractivity contribution in [2.75, 3.05) is 5.32 Å². The van der Waals surface area contributed by atoms with E-state index < -0.39 is 5.60 Å². The molecule has 6 heteroatoms. The number of thiazole rings is 1. The minimum absolute atomic E-state index is 0.388. The number of pyridine rings is 1. The van der Waals surface area contributed by atoms with Gasteiger partial charge in [-0.2, -0.15) is 0 Å². The molecule has 0 aromatic carbocycles. The number of thiophene rings is 1. The summed E-state index contributed by atoms with van der Waals surface area (Å²) in [7, 11) is 0. The van der Waals surface area contributed by atoms with Crippen LogP contribution in [0.4, 0.5) is 5.82 Å². The summed E-state index contributed by atoms with van der Waals surface area (Å²) in [6, 6.07) is 6.62. The smallest absolute Gasteiger partial charge is 0.153 e. The second-order valence-corrected chi connectivity index (χ2v) is 9.33. The van der Waals surface area contributed by atoms with Gasteiger partial charge in [0.1, 0.15) is 10.5 Å². The molecule has 3 aromatic heterocycles. The van der Waals surface area contributed by atoms with E-state index in [4.69, 9.17) is 4.98 Å². The summed E-state index contributed by atoms with van der Waals surface area (Å²) in [5.41, 5.74) is 0.397. The summed E-state index contributed by atoms with van der Waals surface area (Å²) in [6.45, 7) is 3.85. The maximum Gasteiger partial charge on any atom is 0.153 e. The molecule has 25 heavy (non-hydrogen) atoms. The van der Waals surface area contributed by atoms with Gasteiger partial charge in [0, 0.05) is 12.2 Å². The van der Waals surface area contributed by atoms with Gasteiger partial charge in [0.05, 0.1) is 15.2 Å². The molecule has 0 amide bonds. The van der Waals surface area contributed by atoms with Crippen molar-refractivity contribution < 1.29 is 5.11 Å².